The number of amides is 1. The first-order chi connectivity index (χ1) is 26.7. The largest absolute Gasteiger partial charge is 0.455 e. The predicted octanol–water partition coefficient (Wildman–Crippen LogP) is 3.44. The van der Waals surface area contributed by atoms with Crippen molar-refractivity contribution in [1.29, 1.82) is 0 Å². The number of fused-ring (bicyclic) bond motifs is 1. The number of alkyl halides is 1. The summed E-state index contributed by atoms with van der Waals surface area (Å²) in [4.78, 5) is 65.3. The van der Waals surface area contributed by atoms with Gasteiger partial charge in [-0.05, 0) is 73.0 Å². The Balaban J connectivity index is 1.57. The average Bonchev–Trinajstić information content (AvgIpc) is 3.77. The normalized spacial score (nSPS) is 38.0. The second kappa shape index (κ2) is 17.3. The summed E-state index contributed by atoms with van der Waals surface area (Å²) in [6.07, 6.45) is -2.91. The van der Waals surface area contributed by atoms with E-state index in [1.807, 2.05) is 11.8 Å². The van der Waals surface area contributed by atoms with Crippen molar-refractivity contribution in [3.8, 4) is 23.4 Å². The Bertz CT molecular complexity index is 1850. The van der Waals surface area contributed by atoms with Gasteiger partial charge in [0.05, 0.1) is 23.9 Å². The van der Waals surface area contributed by atoms with Gasteiger partial charge in [-0.3, -0.25) is 9.59 Å². The summed E-state index contributed by atoms with van der Waals surface area (Å²) in [7, 11) is 3.60. The molecule has 16 nitrogen and oxygen atoms in total. The van der Waals surface area contributed by atoms with Crippen LogP contribution in [-0.4, -0.2) is 129 Å². The van der Waals surface area contributed by atoms with E-state index in [0.717, 1.165) is 6.92 Å². The maximum absolute atomic E-state index is 16.8. The quantitative estimate of drug-likeness (QED) is 0.234. The minimum Gasteiger partial charge on any atom is -0.455 e. The van der Waals surface area contributed by atoms with Crippen LogP contribution in [0.25, 0.3) is 11.5 Å². The van der Waals surface area contributed by atoms with Gasteiger partial charge in [-0.15, -0.1) is 0 Å². The topological polar surface area (TPSA) is 202 Å². The first-order valence-electron chi connectivity index (χ1n) is 19.2. The predicted molar refractivity (Wildman–Crippen MR) is 200 cm³/mol. The molecule has 1 amide bonds. The zero-order chi connectivity index (χ0) is 42.0. The summed E-state index contributed by atoms with van der Waals surface area (Å²) >= 11 is 0. The molecule has 0 radical (unpaired) electrons. The molecule has 0 spiro atoms. The molecule has 0 bridgehead atoms. The molecule has 3 fully saturated rings. The number of hydrogen-bond acceptors (Lipinski definition) is 15. The number of carbonyl (C=O) groups is 4. The van der Waals surface area contributed by atoms with E-state index in [2.05, 4.69) is 32.3 Å². The molecule has 5 heterocycles. The number of rotatable bonds is 7. The monoisotopic (exact) mass is 799 g/mol. The van der Waals surface area contributed by atoms with Crippen molar-refractivity contribution < 1.29 is 56.9 Å². The molecule has 0 unspecified atom stereocenters. The molecule has 57 heavy (non-hydrogen) atoms. The summed E-state index contributed by atoms with van der Waals surface area (Å²) in [6, 6.07) is 1.81. The number of nitrogens with one attached hydrogen (secondary N) is 1. The van der Waals surface area contributed by atoms with E-state index >= 15 is 4.39 Å². The highest BCUT2D eigenvalue weighted by molar-refractivity contribution is 6.08. The van der Waals surface area contributed by atoms with Gasteiger partial charge in [0.2, 0.25) is 5.76 Å². The number of ketones is 2. The Kier molecular flexibility index (Phi) is 13.3. The highest BCUT2D eigenvalue weighted by Crippen LogP contribution is 2.41. The van der Waals surface area contributed by atoms with Crippen molar-refractivity contribution >= 4 is 23.6 Å². The third kappa shape index (κ3) is 9.05. The fraction of sp³-hybridized carbons (Fsp3) is 0.675. The maximum atomic E-state index is 16.8. The number of nitrogens with zero attached hydrogens (tertiary/aromatic N) is 4. The van der Waals surface area contributed by atoms with Gasteiger partial charge in [-0.1, -0.05) is 38.8 Å². The summed E-state index contributed by atoms with van der Waals surface area (Å²) in [5.41, 5.74) is -6.11. The van der Waals surface area contributed by atoms with Gasteiger partial charge >= 0.3 is 12.1 Å². The van der Waals surface area contributed by atoms with E-state index in [1.54, 1.807) is 66.3 Å². The number of ether oxygens (including phenoxy) is 5. The van der Waals surface area contributed by atoms with E-state index < -0.39 is 95.3 Å². The lowest BCUT2D eigenvalue weighted by molar-refractivity contribution is -0.296. The van der Waals surface area contributed by atoms with Crippen molar-refractivity contribution in [3.63, 3.8) is 0 Å². The molecule has 0 saturated carbocycles. The number of hydrogen-bond donors (Lipinski definition) is 2. The SMILES string of the molecule is CC[C@H]1OC(=O)[C@@](C)(F)C(=O)[C@H](C)[C@@H](O[C@@H]2O[C@H](C)C[C@H](N(C)C)[C@H]2O)[C@@](C)(OCC#Cc2cc(-c3ncccn3)no2)C[C@@H](C)C(=O)[C@H](C)[C@H]2NC(=O)O[C@@]21C. The number of cyclic esters (lactones) is 1. The van der Waals surface area contributed by atoms with Gasteiger partial charge in [-0.25, -0.2) is 23.9 Å². The second-order valence-electron chi connectivity index (χ2n) is 16.1. The molecule has 3 aliphatic rings. The van der Waals surface area contributed by atoms with E-state index in [9.17, 15) is 24.3 Å². The van der Waals surface area contributed by atoms with Gasteiger partial charge in [-0.2, -0.15) is 0 Å². The first kappa shape index (κ1) is 43.8. The number of carbonyl (C=O) groups excluding carboxylic acids is 4. The van der Waals surface area contributed by atoms with Gasteiger partial charge in [0, 0.05) is 42.3 Å². The van der Waals surface area contributed by atoms with E-state index in [0.29, 0.717) is 17.9 Å². The lowest BCUT2D eigenvalue weighted by Crippen LogP contribution is -2.61. The van der Waals surface area contributed by atoms with Gasteiger partial charge in [0.25, 0.3) is 5.67 Å². The van der Waals surface area contributed by atoms with Gasteiger partial charge in [0.1, 0.15) is 24.6 Å². The molecule has 3 saturated heterocycles. The van der Waals surface area contributed by atoms with Crippen LogP contribution in [0.5, 0.6) is 0 Å². The van der Waals surface area contributed by atoms with Crippen LogP contribution in [0.2, 0.25) is 0 Å². The molecule has 2 N–H and O–H groups in total. The van der Waals surface area contributed by atoms with Crippen LogP contribution in [-0.2, 0) is 38.1 Å². The van der Waals surface area contributed by atoms with Crippen molar-refractivity contribution in [2.45, 2.75) is 134 Å². The number of Topliss-reactive ketones (excluding diaryl/α,β-unsaturated/α-hetero) is 2. The Morgan fingerprint density at radius 1 is 1.07 bits per heavy atom. The Morgan fingerprint density at radius 3 is 2.40 bits per heavy atom. The van der Waals surface area contributed by atoms with E-state index in [1.165, 1.54) is 13.8 Å². The van der Waals surface area contributed by atoms with Crippen LogP contribution in [0.15, 0.2) is 29.0 Å². The second-order valence-corrected chi connectivity index (χ2v) is 16.1. The van der Waals surface area contributed by atoms with E-state index in [-0.39, 0.29) is 31.0 Å². The molecule has 2 aromatic rings. The third-order valence-electron chi connectivity index (χ3n) is 11.5. The number of aromatic nitrogens is 3. The molecule has 3 aliphatic heterocycles. The summed E-state index contributed by atoms with van der Waals surface area (Å²) in [5, 5.41) is 18.2. The highest BCUT2D eigenvalue weighted by atomic mass is 19.1. The first-order valence-corrected chi connectivity index (χ1v) is 19.2. The fourth-order valence-electron chi connectivity index (χ4n) is 8.33. The minimum absolute atomic E-state index is 0.0697. The standard InChI is InChI=1S/C40H54FN5O11/c1-11-28-40(8)31(44-37(51)56-40)23(4)29(47)21(2)20-38(6,52-17-12-14-25-19-26(45-57-25)34-42-15-13-16-43-34)33(24(5)32(49)39(7,41)36(50)54-28)55-35-30(48)27(46(9)10)18-22(3)53-35/h13,15-16,19,21-24,27-28,30-31,33,35,48H,11,17-18,20H2,1-10H3,(H,44,51)/t21-,22-,23+,24+,27+,28-,30-,31-,33-,35+,38+,39+,40-/m1/s1. The van der Waals surface area contributed by atoms with Crippen LogP contribution in [0.1, 0.15) is 80.4 Å². The number of esters is 1. The smallest absolute Gasteiger partial charge is 0.408 e. The summed E-state index contributed by atoms with van der Waals surface area (Å²) < 4.78 is 52.7. The van der Waals surface area contributed by atoms with Gasteiger partial charge < -0.3 is 43.5 Å². The lowest BCUT2D eigenvalue weighted by Gasteiger charge is -2.47. The van der Waals surface area contributed by atoms with Crippen LogP contribution < -0.4 is 5.32 Å². The molecule has 17 heteroatoms. The maximum Gasteiger partial charge on any atom is 0.408 e. The van der Waals surface area contributed by atoms with Crippen LogP contribution in [0, 0.1) is 29.6 Å². The number of aliphatic hydroxyl groups excluding tert-OH is 1. The summed E-state index contributed by atoms with van der Waals surface area (Å²) in [6.45, 7) is 11.7. The zero-order valence-electron chi connectivity index (χ0n) is 34.1. The van der Waals surface area contributed by atoms with Crippen molar-refractivity contribution in [3.05, 3.63) is 30.3 Å². The van der Waals surface area contributed by atoms with Crippen molar-refractivity contribution in [1.82, 2.24) is 25.3 Å². The van der Waals surface area contributed by atoms with E-state index in [4.69, 9.17) is 28.2 Å². The van der Waals surface area contributed by atoms with Crippen LogP contribution in [0.3, 0.4) is 0 Å². The Hall–Kier alpha value is -4.34. The molecular weight excluding hydrogens is 745 g/mol. The van der Waals surface area contributed by atoms with Crippen molar-refractivity contribution in [2.24, 2.45) is 17.8 Å². The summed E-state index contributed by atoms with van der Waals surface area (Å²) in [5.74, 6) is -0.00125. The van der Waals surface area contributed by atoms with Crippen LogP contribution >= 0.6 is 0 Å². The van der Waals surface area contributed by atoms with Crippen LogP contribution in [0.4, 0.5) is 9.18 Å². The number of likely N-dealkylation sites (N-methyl/N-ethyl adjacent to an activating group) is 1. The van der Waals surface area contributed by atoms with Crippen molar-refractivity contribution in [2.75, 3.05) is 20.7 Å². The molecule has 0 aliphatic carbocycles. The van der Waals surface area contributed by atoms with Gasteiger partial charge in [0.15, 0.2) is 29.2 Å². The average molecular weight is 800 g/mol. The molecule has 13 atom stereocenters. The molecule has 0 aromatic carbocycles. The molecular formula is C40H54FN5O11. The Morgan fingerprint density at radius 2 is 1.75 bits per heavy atom. The number of aliphatic hydroxyl groups is 1. The third-order valence-corrected chi connectivity index (χ3v) is 11.5. The molecule has 312 valence electrons. The lowest BCUT2D eigenvalue weighted by atomic mass is 9.73. The highest BCUT2D eigenvalue weighted by Gasteiger charge is 2.59. The minimum atomic E-state index is -3.23. The molecule has 2 aromatic heterocycles. The number of halogens is 1. The number of alkyl carbamates (subject to hydrolysis) is 1. The Labute approximate surface area is 331 Å². The fourth-order valence-corrected chi connectivity index (χ4v) is 8.33. The molecule has 5 rings (SSSR count). The zero-order valence-corrected chi connectivity index (χ0v) is 34.1.